The zero-order valence-electron chi connectivity index (χ0n) is 10.6. The van der Waals surface area contributed by atoms with Crippen molar-refractivity contribution in [2.45, 2.75) is 37.1 Å². The van der Waals surface area contributed by atoms with E-state index >= 15 is 0 Å². The Morgan fingerprint density at radius 2 is 2.00 bits per heavy atom. The molecule has 0 spiro atoms. The monoisotopic (exact) mass is 287 g/mol. The lowest BCUT2D eigenvalue weighted by Gasteiger charge is -2.22. The Balaban J connectivity index is 2.42. The summed E-state index contributed by atoms with van der Waals surface area (Å²) in [6.45, 7) is 4.64. The Morgan fingerprint density at radius 1 is 1.33 bits per heavy atom. The van der Waals surface area contributed by atoms with Gasteiger partial charge in [0.25, 0.3) is 0 Å². The Morgan fingerprint density at radius 3 is 2.56 bits per heavy atom. The topological polar surface area (TPSA) is 37.4 Å². The molecule has 1 saturated heterocycles. The third kappa shape index (κ3) is 2.42. The third-order valence-corrected chi connectivity index (χ3v) is 5.80. The SMILES string of the molecule is CC1CC(C)N(S(=O)(=O)c2ccccc2CCl)C1. The number of benzene rings is 1. The van der Waals surface area contributed by atoms with Gasteiger partial charge in [-0.3, -0.25) is 0 Å². The number of alkyl halides is 1. The molecular weight excluding hydrogens is 270 g/mol. The van der Waals surface area contributed by atoms with Crippen LogP contribution in [0.4, 0.5) is 0 Å². The van der Waals surface area contributed by atoms with Crippen LogP contribution in [-0.2, 0) is 15.9 Å². The average molecular weight is 288 g/mol. The van der Waals surface area contributed by atoms with E-state index in [0.717, 1.165) is 6.42 Å². The molecule has 0 amide bonds. The lowest BCUT2D eigenvalue weighted by molar-refractivity contribution is 0.405. The van der Waals surface area contributed by atoms with E-state index < -0.39 is 10.0 Å². The van der Waals surface area contributed by atoms with Crippen LogP contribution < -0.4 is 0 Å². The van der Waals surface area contributed by atoms with Crippen LogP contribution in [0.3, 0.4) is 0 Å². The molecule has 1 aromatic carbocycles. The molecule has 5 heteroatoms. The molecule has 1 aliphatic heterocycles. The van der Waals surface area contributed by atoms with Gasteiger partial charge < -0.3 is 0 Å². The molecule has 18 heavy (non-hydrogen) atoms. The van der Waals surface area contributed by atoms with Crippen molar-refractivity contribution >= 4 is 21.6 Å². The summed E-state index contributed by atoms with van der Waals surface area (Å²) in [6, 6.07) is 7.03. The van der Waals surface area contributed by atoms with E-state index in [2.05, 4.69) is 6.92 Å². The van der Waals surface area contributed by atoms with Gasteiger partial charge in [0.05, 0.1) is 4.90 Å². The summed E-state index contributed by atoms with van der Waals surface area (Å²) in [7, 11) is -3.41. The summed E-state index contributed by atoms with van der Waals surface area (Å²) < 4.78 is 26.9. The van der Waals surface area contributed by atoms with E-state index in [1.807, 2.05) is 13.0 Å². The zero-order valence-corrected chi connectivity index (χ0v) is 12.2. The van der Waals surface area contributed by atoms with Crippen LogP contribution >= 0.6 is 11.6 Å². The molecule has 100 valence electrons. The van der Waals surface area contributed by atoms with Crippen molar-refractivity contribution in [2.75, 3.05) is 6.54 Å². The van der Waals surface area contributed by atoms with Crippen molar-refractivity contribution in [3.63, 3.8) is 0 Å². The summed E-state index contributed by atoms with van der Waals surface area (Å²) in [4.78, 5) is 0.348. The van der Waals surface area contributed by atoms with Crippen molar-refractivity contribution < 1.29 is 8.42 Å². The number of hydrogen-bond donors (Lipinski definition) is 0. The van der Waals surface area contributed by atoms with E-state index in [1.165, 1.54) is 0 Å². The summed E-state index contributed by atoms with van der Waals surface area (Å²) >= 11 is 5.83. The first-order chi connectivity index (χ1) is 8.46. The van der Waals surface area contributed by atoms with Crippen molar-refractivity contribution in [3.05, 3.63) is 29.8 Å². The molecule has 0 aromatic heterocycles. The predicted octanol–water partition coefficient (Wildman–Crippen LogP) is 2.84. The molecule has 2 atom stereocenters. The first kappa shape index (κ1) is 13.8. The number of rotatable bonds is 3. The molecule has 0 radical (unpaired) electrons. The standard InChI is InChI=1S/C13H18ClNO2S/c1-10-7-11(2)15(9-10)18(16,17)13-6-4-3-5-12(13)8-14/h3-6,10-11H,7-9H2,1-2H3. The van der Waals surface area contributed by atoms with Gasteiger partial charge in [0.2, 0.25) is 10.0 Å². The Bertz CT molecular complexity index is 530. The van der Waals surface area contributed by atoms with E-state index in [0.29, 0.717) is 22.9 Å². The van der Waals surface area contributed by atoms with Crippen LogP contribution in [0.25, 0.3) is 0 Å². The molecule has 1 aliphatic rings. The van der Waals surface area contributed by atoms with Crippen molar-refractivity contribution in [3.8, 4) is 0 Å². The molecule has 1 heterocycles. The number of nitrogens with zero attached hydrogens (tertiary/aromatic N) is 1. The summed E-state index contributed by atoms with van der Waals surface area (Å²) in [6.07, 6.45) is 0.919. The quantitative estimate of drug-likeness (QED) is 0.802. The van der Waals surface area contributed by atoms with Crippen LogP contribution in [-0.4, -0.2) is 25.3 Å². The van der Waals surface area contributed by atoms with E-state index in [9.17, 15) is 8.42 Å². The molecule has 0 saturated carbocycles. The molecule has 2 unspecified atom stereocenters. The van der Waals surface area contributed by atoms with Crippen LogP contribution in [0.1, 0.15) is 25.8 Å². The number of halogens is 1. The van der Waals surface area contributed by atoms with Crippen LogP contribution in [0.15, 0.2) is 29.2 Å². The molecule has 1 fully saturated rings. The first-order valence-electron chi connectivity index (χ1n) is 6.12. The van der Waals surface area contributed by atoms with E-state index in [-0.39, 0.29) is 11.9 Å². The lowest BCUT2D eigenvalue weighted by Crippen LogP contribution is -2.34. The zero-order chi connectivity index (χ0) is 13.3. The van der Waals surface area contributed by atoms with Gasteiger partial charge in [0, 0.05) is 18.5 Å². The Labute approximate surface area is 114 Å². The highest BCUT2D eigenvalue weighted by atomic mass is 35.5. The highest BCUT2D eigenvalue weighted by Crippen LogP contribution is 2.30. The second-order valence-electron chi connectivity index (χ2n) is 5.01. The minimum Gasteiger partial charge on any atom is -0.207 e. The fourth-order valence-electron chi connectivity index (χ4n) is 2.59. The smallest absolute Gasteiger partial charge is 0.207 e. The van der Waals surface area contributed by atoms with Gasteiger partial charge in [-0.25, -0.2) is 8.42 Å². The first-order valence-corrected chi connectivity index (χ1v) is 8.10. The Hall–Kier alpha value is -0.580. The second-order valence-corrected chi connectivity index (χ2v) is 7.13. The maximum absolute atomic E-state index is 12.6. The van der Waals surface area contributed by atoms with Gasteiger partial charge >= 0.3 is 0 Å². The molecule has 0 aliphatic carbocycles. The molecule has 1 aromatic rings. The molecule has 2 rings (SSSR count). The maximum Gasteiger partial charge on any atom is 0.243 e. The van der Waals surface area contributed by atoms with E-state index in [4.69, 9.17) is 11.6 Å². The molecule has 3 nitrogen and oxygen atoms in total. The van der Waals surface area contributed by atoms with Crippen LogP contribution in [0.2, 0.25) is 0 Å². The largest absolute Gasteiger partial charge is 0.243 e. The van der Waals surface area contributed by atoms with Crippen molar-refractivity contribution in [2.24, 2.45) is 5.92 Å². The van der Waals surface area contributed by atoms with Gasteiger partial charge in [0.15, 0.2) is 0 Å². The minimum atomic E-state index is -3.41. The Kier molecular flexibility index (Phi) is 3.99. The van der Waals surface area contributed by atoms with E-state index in [1.54, 1.807) is 22.5 Å². The maximum atomic E-state index is 12.6. The molecular formula is C13H18ClNO2S. The summed E-state index contributed by atoms with van der Waals surface area (Å²) in [5.74, 6) is 0.630. The lowest BCUT2D eigenvalue weighted by atomic mass is 10.1. The van der Waals surface area contributed by atoms with Gasteiger partial charge in [-0.15, -0.1) is 11.6 Å². The fraction of sp³-hybridized carbons (Fsp3) is 0.538. The van der Waals surface area contributed by atoms with Crippen LogP contribution in [0, 0.1) is 5.92 Å². The normalized spacial score (nSPS) is 25.5. The van der Waals surface area contributed by atoms with Crippen LogP contribution in [0.5, 0.6) is 0 Å². The van der Waals surface area contributed by atoms with Gasteiger partial charge in [0.1, 0.15) is 0 Å². The minimum absolute atomic E-state index is 0.0633. The van der Waals surface area contributed by atoms with Crippen molar-refractivity contribution in [1.29, 1.82) is 0 Å². The average Bonchev–Trinajstić information content (AvgIpc) is 2.69. The van der Waals surface area contributed by atoms with Gasteiger partial charge in [-0.05, 0) is 30.9 Å². The highest BCUT2D eigenvalue weighted by Gasteiger charge is 2.36. The number of hydrogen-bond acceptors (Lipinski definition) is 2. The van der Waals surface area contributed by atoms with Gasteiger partial charge in [-0.2, -0.15) is 4.31 Å². The fourth-order valence-corrected chi connectivity index (χ4v) is 4.89. The highest BCUT2D eigenvalue weighted by molar-refractivity contribution is 7.89. The number of sulfonamides is 1. The molecule has 0 N–H and O–H groups in total. The van der Waals surface area contributed by atoms with Gasteiger partial charge in [-0.1, -0.05) is 25.1 Å². The summed E-state index contributed by atoms with van der Waals surface area (Å²) in [5, 5.41) is 0. The van der Waals surface area contributed by atoms with Crippen molar-refractivity contribution in [1.82, 2.24) is 4.31 Å². The summed E-state index contributed by atoms with van der Waals surface area (Å²) in [5.41, 5.74) is 0.672. The second kappa shape index (κ2) is 5.19. The predicted molar refractivity (Wildman–Crippen MR) is 73.1 cm³/mol. The third-order valence-electron chi connectivity index (χ3n) is 3.43. The molecule has 0 bridgehead atoms.